The summed E-state index contributed by atoms with van der Waals surface area (Å²) in [6.07, 6.45) is 1.13. The van der Waals surface area contributed by atoms with Crippen molar-refractivity contribution in [2.75, 3.05) is 13.2 Å². The van der Waals surface area contributed by atoms with E-state index in [-0.39, 0.29) is 17.9 Å². The van der Waals surface area contributed by atoms with Gasteiger partial charge in [-0.3, -0.25) is 4.79 Å². The third-order valence-electron chi connectivity index (χ3n) is 4.18. The van der Waals surface area contributed by atoms with Gasteiger partial charge in [-0.15, -0.1) is 0 Å². The van der Waals surface area contributed by atoms with Gasteiger partial charge >= 0.3 is 5.97 Å². The number of nitrogens with one attached hydrogen (secondary N) is 1. The second-order valence-electron chi connectivity index (χ2n) is 6.85. The van der Waals surface area contributed by atoms with Gasteiger partial charge in [0, 0.05) is 13.0 Å². The summed E-state index contributed by atoms with van der Waals surface area (Å²) >= 11 is 0. The maximum absolute atomic E-state index is 12.2. The van der Waals surface area contributed by atoms with Gasteiger partial charge in [0.05, 0.1) is 0 Å². The number of carboxylic acid groups (broad SMARTS) is 1. The monoisotopic (exact) mass is 355 g/mol. The number of benzene rings is 2. The Morgan fingerprint density at radius 2 is 1.69 bits per heavy atom. The lowest BCUT2D eigenvalue weighted by molar-refractivity contribution is -0.139. The van der Waals surface area contributed by atoms with Crippen LogP contribution >= 0.6 is 0 Å². The van der Waals surface area contributed by atoms with Gasteiger partial charge in [-0.25, -0.2) is 4.79 Å². The highest BCUT2D eigenvalue weighted by Crippen LogP contribution is 2.26. The fraction of sp³-hybridized carbons (Fsp3) is 0.333. The first-order chi connectivity index (χ1) is 12.4. The molecule has 2 N–H and O–H groups in total. The minimum atomic E-state index is -1.00. The molecule has 0 saturated heterocycles. The topological polar surface area (TPSA) is 75.6 Å². The highest BCUT2D eigenvalue weighted by Gasteiger charge is 2.23. The number of carboxylic acids is 1. The first-order valence-electron chi connectivity index (χ1n) is 8.62. The summed E-state index contributed by atoms with van der Waals surface area (Å²) in [6.45, 7) is 4.33. The van der Waals surface area contributed by atoms with Crippen molar-refractivity contribution in [2.45, 2.75) is 32.1 Å². The molecule has 0 spiro atoms. The van der Waals surface area contributed by atoms with Crippen molar-refractivity contribution in [1.29, 1.82) is 0 Å². The third-order valence-corrected chi connectivity index (χ3v) is 4.18. The zero-order valence-electron chi connectivity index (χ0n) is 15.2. The van der Waals surface area contributed by atoms with Crippen LogP contribution in [0.3, 0.4) is 0 Å². The van der Waals surface area contributed by atoms with Crippen molar-refractivity contribution >= 4 is 11.9 Å². The molecule has 0 heterocycles. The average Bonchev–Trinajstić information content (AvgIpc) is 2.61. The molecule has 138 valence electrons. The fourth-order valence-electron chi connectivity index (χ4n) is 2.70. The summed E-state index contributed by atoms with van der Waals surface area (Å²) in [4.78, 5) is 22.7. The van der Waals surface area contributed by atoms with Crippen molar-refractivity contribution < 1.29 is 19.4 Å². The molecule has 0 aromatic heterocycles. The van der Waals surface area contributed by atoms with Gasteiger partial charge in [0.25, 0.3) is 0 Å². The molecule has 5 heteroatoms. The molecule has 2 aromatic carbocycles. The quantitative estimate of drug-likeness (QED) is 0.724. The molecule has 0 unspecified atom stereocenters. The van der Waals surface area contributed by atoms with Crippen LogP contribution in [0.4, 0.5) is 0 Å². The van der Waals surface area contributed by atoms with Crippen molar-refractivity contribution in [2.24, 2.45) is 0 Å². The fourth-order valence-corrected chi connectivity index (χ4v) is 2.70. The van der Waals surface area contributed by atoms with Crippen molar-refractivity contribution in [3.05, 3.63) is 65.7 Å². The van der Waals surface area contributed by atoms with Gasteiger partial charge in [-0.2, -0.15) is 0 Å². The zero-order valence-corrected chi connectivity index (χ0v) is 15.2. The molecule has 0 radical (unpaired) electrons. The lowest BCUT2D eigenvalue weighted by Crippen LogP contribution is -2.32. The lowest BCUT2D eigenvalue weighted by Gasteiger charge is -2.24. The second kappa shape index (κ2) is 9.04. The van der Waals surface area contributed by atoms with E-state index in [2.05, 4.69) is 19.2 Å². The molecule has 26 heavy (non-hydrogen) atoms. The van der Waals surface area contributed by atoms with Gasteiger partial charge in [0.1, 0.15) is 5.75 Å². The van der Waals surface area contributed by atoms with Gasteiger partial charge in [0.2, 0.25) is 5.91 Å². The van der Waals surface area contributed by atoms with E-state index in [4.69, 9.17) is 9.84 Å². The third kappa shape index (κ3) is 6.24. The SMILES string of the molecule is CC(C)(CC(=O)NCCc1ccc(OCC(=O)O)cc1)c1ccccc1. The number of ether oxygens (including phenoxy) is 1. The first-order valence-corrected chi connectivity index (χ1v) is 8.62. The minimum absolute atomic E-state index is 0.0280. The van der Waals surface area contributed by atoms with E-state index in [1.807, 2.05) is 42.5 Å². The van der Waals surface area contributed by atoms with E-state index in [1.54, 1.807) is 12.1 Å². The Bertz CT molecular complexity index is 723. The predicted molar refractivity (Wildman–Crippen MR) is 100 cm³/mol. The number of aliphatic carboxylic acids is 1. The molecule has 1 amide bonds. The summed E-state index contributed by atoms with van der Waals surface area (Å²) in [5.41, 5.74) is 1.98. The first kappa shape index (κ1) is 19.5. The average molecular weight is 355 g/mol. The number of hydrogen-bond donors (Lipinski definition) is 2. The van der Waals surface area contributed by atoms with Crippen LogP contribution in [0.1, 0.15) is 31.4 Å². The lowest BCUT2D eigenvalue weighted by atomic mass is 9.81. The molecule has 0 aliphatic carbocycles. The summed E-state index contributed by atoms with van der Waals surface area (Å²) < 4.78 is 5.09. The largest absolute Gasteiger partial charge is 0.482 e. The summed E-state index contributed by atoms with van der Waals surface area (Å²) in [5, 5.41) is 11.5. The Kier molecular flexibility index (Phi) is 6.78. The van der Waals surface area contributed by atoms with E-state index in [9.17, 15) is 9.59 Å². The van der Waals surface area contributed by atoms with Gasteiger partial charge < -0.3 is 15.2 Å². The molecule has 0 atom stereocenters. The van der Waals surface area contributed by atoms with Crippen molar-refractivity contribution in [3.63, 3.8) is 0 Å². The van der Waals surface area contributed by atoms with Crippen LogP contribution in [0.5, 0.6) is 5.75 Å². The number of amides is 1. The highest BCUT2D eigenvalue weighted by atomic mass is 16.5. The standard InChI is InChI=1S/C21H25NO4/c1-21(2,17-6-4-3-5-7-17)14-19(23)22-13-12-16-8-10-18(11-9-16)26-15-20(24)25/h3-11H,12-15H2,1-2H3,(H,22,23)(H,24,25). The van der Waals surface area contributed by atoms with Crippen LogP contribution in [0, 0.1) is 0 Å². The van der Waals surface area contributed by atoms with Crippen molar-refractivity contribution in [1.82, 2.24) is 5.32 Å². The summed E-state index contributed by atoms with van der Waals surface area (Å²) in [6, 6.07) is 17.2. The van der Waals surface area contributed by atoms with E-state index in [0.717, 1.165) is 11.1 Å². The number of rotatable bonds is 9. The Morgan fingerprint density at radius 1 is 1.04 bits per heavy atom. The summed E-state index contributed by atoms with van der Waals surface area (Å²) in [7, 11) is 0. The van der Waals surface area contributed by atoms with Crippen LogP contribution < -0.4 is 10.1 Å². The van der Waals surface area contributed by atoms with Gasteiger partial charge in [-0.05, 0) is 35.1 Å². The van der Waals surface area contributed by atoms with E-state index in [1.165, 1.54) is 0 Å². The molecule has 0 aliphatic heterocycles. The predicted octanol–water partition coefficient (Wildman–Crippen LogP) is 3.18. The minimum Gasteiger partial charge on any atom is -0.482 e. The zero-order chi connectivity index (χ0) is 19.0. The normalized spacial score (nSPS) is 11.0. The number of hydrogen-bond acceptors (Lipinski definition) is 3. The highest BCUT2D eigenvalue weighted by molar-refractivity contribution is 5.77. The Labute approximate surface area is 154 Å². The Morgan fingerprint density at radius 3 is 2.31 bits per heavy atom. The molecule has 2 rings (SSSR count). The Hall–Kier alpha value is -2.82. The molecular weight excluding hydrogens is 330 g/mol. The van der Waals surface area contributed by atoms with Gasteiger partial charge in [-0.1, -0.05) is 56.3 Å². The second-order valence-corrected chi connectivity index (χ2v) is 6.85. The molecule has 0 fully saturated rings. The molecule has 0 aliphatic rings. The van der Waals surface area contributed by atoms with Crippen LogP contribution in [-0.2, 0) is 21.4 Å². The molecular formula is C21H25NO4. The number of carbonyl (C=O) groups excluding carboxylic acids is 1. The smallest absolute Gasteiger partial charge is 0.341 e. The molecule has 5 nitrogen and oxygen atoms in total. The van der Waals surface area contributed by atoms with Crippen LogP contribution in [0.15, 0.2) is 54.6 Å². The van der Waals surface area contributed by atoms with Crippen molar-refractivity contribution in [3.8, 4) is 5.75 Å². The van der Waals surface area contributed by atoms with E-state index >= 15 is 0 Å². The Balaban J connectivity index is 1.76. The van der Waals surface area contributed by atoms with Crippen LogP contribution in [0.2, 0.25) is 0 Å². The summed E-state index contributed by atoms with van der Waals surface area (Å²) in [5.74, 6) is -0.458. The van der Waals surface area contributed by atoms with Crippen LogP contribution in [-0.4, -0.2) is 30.1 Å². The maximum atomic E-state index is 12.2. The molecule has 0 saturated carbocycles. The molecule has 2 aromatic rings. The maximum Gasteiger partial charge on any atom is 0.341 e. The van der Waals surface area contributed by atoms with E-state index in [0.29, 0.717) is 25.1 Å². The van der Waals surface area contributed by atoms with Gasteiger partial charge in [0.15, 0.2) is 6.61 Å². The number of carbonyl (C=O) groups is 2. The van der Waals surface area contributed by atoms with E-state index < -0.39 is 5.97 Å². The molecule has 0 bridgehead atoms. The van der Waals surface area contributed by atoms with Crippen LogP contribution in [0.25, 0.3) is 0 Å².